The number of aromatic nitrogens is 2. The highest BCUT2D eigenvalue weighted by atomic mass is 32.2. The van der Waals surface area contributed by atoms with Crippen molar-refractivity contribution in [1.29, 1.82) is 5.41 Å². The zero-order valence-electron chi connectivity index (χ0n) is 21.6. The molecule has 0 saturated carbocycles. The van der Waals surface area contributed by atoms with E-state index in [1.54, 1.807) is 30.3 Å². The maximum atomic E-state index is 13.0. The molecule has 0 spiro atoms. The molecular formula is C24H33N9O6S. The van der Waals surface area contributed by atoms with Crippen LogP contribution in [0.2, 0.25) is 0 Å². The van der Waals surface area contributed by atoms with Gasteiger partial charge in [0, 0.05) is 25.5 Å². The average molecular weight is 576 g/mol. The van der Waals surface area contributed by atoms with Gasteiger partial charge in [0.2, 0.25) is 21.8 Å². The molecule has 1 unspecified atom stereocenters. The molecule has 216 valence electrons. The highest BCUT2D eigenvalue weighted by Gasteiger charge is 2.32. The third-order valence-electron chi connectivity index (χ3n) is 6.02. The van der Waals surface area contributed by atoms with E-state index >= 15 is 0 Å². The molecular weight excluding hydrogens is 542 g/mol. The third kappa shape index (κ3) is 9.25. The van der Waals surface area contributed by atoms with Crippen LogP contribution in [0.4, 0.5) is 0 Å². The maximum absolute atomic E-state index is 13.0. The van der Waals surface area contributed by atoms with Crippen molar-refractivity contribution in [3.05, 3.63) is 60.2 Å². The number of aliphatic hydroxyl groups is 1. The number of benzene rings is 1. The summed E-state index contributed by atoms with van der Waals surface area (Å²) in [5.74, 6) is -2.66. The molecule has 1 aromatic heterocycles. The van der Waals surface area contributed by atoms with Crippen molar-refractivity contribution in [3.8, 4) is 0 Å². The van der Waals surface area contributed by atoms with Gasteiger partial charge in [0.15, 0.2) is 5.96 Å². The van der Waals surface area contributed by atoms with Gasteiger partial charge in [-0.25, -0.2) is 18.1 Å². The minimum absolute atomic E-state index is 0.0538. The van der Waals surface area contributed by atoms with Crippen molar-refractivity contribution in [2.45, 2.75) is 43.3 Å². The number of nitrogens with one attached hydrogen (secondary N) is 5. The van der Waals surface area contributed by atoms with E-state index < -0.39 is 52.6 Å². The summed E-state index contributed by atoms with van der Waals surface area (Å²) in [5.41, 5.74) is 6.03. The Hall–Kier alpha value is -4.15. The summed E-state index contributed by atoms with van der Waals surface area (Å²) in [6.45, 7) is -0.203. The summed E-state index contributed by atoms with van der Waals surface area (Å²) in [6, 6.07) is 6.37. The van der Waals surface area contributed by atoms with E-state index in [-0.39, 0.29) is 30.4 Å². The first-order chi connectivity index (χ1) is 19.1. The van der Waals surface area contributed by atoms with Crippen molar-refractivity contribution >= 4 is 33.7 Å². The van der Waals surface area contributed by atoms with Gasteiger partial charge in [-0.05, 0) is 24.8 Å². The van der Waals surface area contributed by atoms with Gasteiger partial charge in [-0.1, -0.05) is 30.3 Å². The lowest BCUT2D eigenvalue weighted by molar-refractivity contribution is -0.128. The summed E-state index contributed by atoms with van der Waals surface area (Å²) in [5, 5.41) is 25.5. The first-order valence-corrected chi connectivity index (χ1v) is 14.1. The second-order valence-corrected chi connectivity index (χ2v) is 10.8. The van der Waals surface area contributed by atoms with E-state index in [4.69, 9.17) is 11.1 Å². The van der Waals surface area contributed by atoms with Crippen LogP contribution in [0.25, 0.3) is 0 Å². The Morgan fingerprint density at radius 2 is 1.93 bits per heavy atom. The normalized spacial score (nSPS) is 17.9. The fraction of sp³-hybridized carbons (Fsp3) is 0.417. The highest BCUT2D eigenvalue weighted by Crippen LogP contribution is 2.15. The van der Waals surface area contributed by atoms with Crippen LogP contribution in [0.15, 0.2) is 48.9 Å². The van der Waals surface area contributed by atoms with Crippen molar-refractivity contribution in [2.75, 3.05) is 19.6 Å². The summed E-state index contributed by atoms with van der Waals surface area (Å²) in [6.07, 6.45) is 3.72. The predicted octanol–water partition coefficient (Wildman–Crippen LogP) is -2.01. The van der Waals surface area contributed by atoms with Crippen LogP contribution in [0.3, 0.4) is 0 Å². The van der Waals surface area contributed by atoms with Gasteiger partial charge < -0.3 is 31.7 Å². The number of hydrogen-bond donors (Lipinski definition) is 7. The molecule has 1 aliphatic rings. The maximum Gasteiger partial charge on any atom is 0.271 e. The van der Waals surface area contributed by atoms with E-state index in [9.17, 15) is 27.9 Å². The Morgan fingerprint density at radius 3 is 2.60 bits per heavy atom. The van der Waals surface area contributed by atoms with Crippen LogP contribution in [0, 0.1) is 5.41 Å². The van der Waals surface area contributed by atoms with Crippen LogP contribution in [-0.4, -0.2) is 90.0 Å². The molecule has 8 N–H and O–H groups in total. The van der Waals surface area contributed by atoms with Crippen LogP contribution in [0.5, 0.6) is 0 Å². The molecule has 0 aliphatic carbocycles. The minimum Gasteiger partial charge on any atom is -0.371 e. The Morgan fingerprint density at radius 1 is 1.18 bits per heavy atom. The van der Waals surface area contributed by atoms with Gasteiger partial charge in [-0.2, -0.15) is 0 Å². The molecule has 1 saturated heterocycles. The molecule has 3 amide bonds. The van der Waals surface area contributed by atoms with Crippen molar-refractivity contribution in [1.82, 2.24) is 35.5 Å². The molecule has 40 heavy (non-hydrogen) atoms. The zero-order valence-corrected chi connectivity index (χ0v) is 22.4. The molecule has 2 aromatic rings. The van der Waals surface area contributed by atoms with Crippen LogP contribution in [0.1, 0.15) is 35.3 Å². The fourth-order valence-electron chi connectivity index (χ4n) is 4.07. The lowest BCUT2D eigenvalue weighted by Gasteiger charge is -2.38. The molecule has 1 fully saturated rings. The summed E-state index contributed by atoms with van der Waals surface area (Å²) in [7, 11) is -3.98. The van der Waals surface area contributed by atoms with Gasteiger partial charge in [-0.15, -0.1) is 0 Å². The largest absolute Gasteiger partial charge is 0.371 e. The number of carbonyl (C=O) groups is 3. The Bertz CT molecular complexity index is 1280. The molecule has 16 heteroatoms. The molecule has 1 aromatic carbocycles. The first kappa shape index (κ1) is 30.4. The molecule has 3 atom stereocenters. The number of aliphatic hydroxyl groups excluding tert-OH is 1. The number of likely N-dealkylation sites (tertiary alicyclic amines) is 1. The number of nitrogens with two attached hydrogens (primary N) is 1. The number of piperidine rings is 1. The molecule has 0 bridgehead atoms. The number of rotatable bonds is 12. The van der Waals surface area contributed by atoms with E-state index in [0.29, 0.717) is 24.9 Å². The predicted molar refractivity (Wildman–Crippen MR) is 144 cm³/mol. The van der Waals surface area contributed by atoms with Crippen molar-refractivity contribution in [3.63, 3.8) is 0 Å². The molecule has 1 aliphatic heterocycles. The van der Waals surface area contributed by atoms with Gasteiger partial charge in [0.05, 0.1) is 24.5 Å². The van der Waals surface area contributed by atoms with E-state index in [1.165, 1.54) is 23.5 Å². The SMILES string of the molecule is N=C(N)N1CCC[C@H](NC(=O)CNC(=O)[C@@H](CCNC(=O)c2cnccn2)NS(=O)(=O)Cc2ccccc2)C1O. The second kappa shape index (κ2) is 14.3. The quantitative estimate of drug-likeness (QED) is 0.109. The molecule has 3 rings (SSSR count). The van der Waals surface area contributed by atoms with Gasteiger partial charge in [0.25, 0.3) is 5.91 Å². The van der Waals surface area contributed by atoms with E-state index in [0.717, 1.165) is 0 Å². The smallest absolute Gasteiger partial charge is 0.271 e. The zero-order chi connectivity index (χ0) is 29.1. The number of guanidine groups is 1. The van der Waals surface area contributed by atoms with E-state index in [1.807, 2.05) is 0 Å². The number of carbonyl (C=O) groups excluding carboxylic acids is 3. The molecule has 2 heterocycles. The van der Waals surface area contributed by atoms with Gasteiger partial charge in [0.1, 0.15) is 18.0 Å². The van der Waals surface area contributed by atoms with E-state index in [2.05, 4.69) is 30.6 Å². The number of nitrogens with zero attached hydrogens (tertiary/aromatic N) is 3. The number of hydrogen-bond acceptors (Lipinski definition) is 9. The van der Waals surface area contributed by atoms with Gasteiger partial charge in [-0.3, -0.25) is 24.8 Å². The topological polar surface area (TPSA) is 233 Å². The summed E-state index contributed by atoms with van der Waals surface area (Å²) >= 11 is 0. The number of amides is 3. The molecule has 15 nitrogen and oxygen atoms in total. The standard InChI is InChI=1S/C24H33N9O6S/c25-24(26)33-12-4-7-18(23(33)37)31-20(34)14-30-21(35)17(8-9-29-22(36)19-13-27-10-11-28-19)32-40(38,39)15-16-5-2-1-3-6-16/h1-3,5-6,10-11,13,17-18,23,32,37H,4,7-9,12,14-15H2,(H3,25,26)(H,29,36)(H,30,35)(H,31,34)/t17-,18+,23?/m1/s1. The third-order valence-corrected chi connectivity index (χ3v) is 7.38. The minimum atomic E-state index is -3.98. The van der Waals surface area contributed by atoms with Crippen LogP contribution in [-0.2, 0) is 25.4 Å². The Balaban J connectivity index is 1.60. The lowest BCUT2D eigenvalue weighted by atomic mass is 10.0. The Labute approximate surface area is 231 Å². The lowest BCUT2D eigenvalue weighted by Crippen LogP contribution is -2.59. The highest BCUT2D eigenvalue weighted by molar-refractivity contribution is 7.88. The summed E-state index contributed by atoms with van der Waals surface area (Å²) in [4.78, 5) is 46.7. The van der Waals surface area contributed by atoms with Crippen molar-refractivity contribution in [2.24, 2.45) is 5.73 Å². The van der Waals surface area contributed by atoms with Gasteiger partial charge >= 0.3 is 0 Å². The number of sulfonamides is 1. The second-order valence-electron chi connectivity index (χ2n) is 9.08. The van der Waals surface area contributed by atoms with Crippen LogP contribution < -0.4 is 26.4 Å². The molecule has 0 radical (unpaired) electrons. The average Bonchev–Trinajstić information content (AvgIpc) is 2.92. The Kier molecular flexibility index (Phi) is 10.9. The fourth-order valence-corrected chi connectivity index (χ4v) is 5.44. The summed E-state index contributed by atoms with van der Waals surface area (Å²) < 4.78 is 28.0. The monoisotopic (exact) mass is 575 g/mol. The van der Waals surface area contributed by atoms with Crippen molar-refractivity contribution < 1.29 is 27.9 Å². The first-order valence-electron chi connectivity index (χ1n) is 12.5. The van der Waals surface area contributed by atoms with Crippen LogP contribution >= 0.6 is 0 Å².